The average Bonchev–Trinajstić information content (AvgIpc) is 3.95. The highest BCUT2D eigenvalue weighted by atomic mass is 35.5. The predicted molar refractivity (Wildman–Crippen MR) is 203 cm³/mol. The Kier molecular flexibility index (Phi) is 7.78. The van der Waals surface area contributed by atoms with Crippen LogP contribution in [-0.2, 0) is 32.8 Å². The van der Waals surface area contributed by atoms with E-state index in [4.69, 9.17) is 21.4 Å². The zero-order valence-electron chi connectivity index (χ0n) is 29.3. The molecule has 1 saturated carbocycles. The SMILES string of the molecule is COc1cccc(C2C3=CCC4C(=O)N(Cc5cccs5)C(=O)C4C3CC3C(=O)N(c4cc(-c5sc6ccc(Cl)cc6c5C)nn4C)C(=O)C32C)c1O. The fraction of sp³-hybridized carbons (Fsp3) is 0.325. The van der Waals surface area contributed by atoms with E-state index in [9.17, 15) is 19.5 Å². The second kappa shape index (κ2) is 12.1. The van der Waals surface area contributed by atoms with E-state index in [0.29, 0.717) is 28.5 Å². The maximum absolute atomic E-state index is 15.1. The van der Waals surface area contributed by atoms with Gasteiger partial charge < -0.3 is 9.84 Å². The Morgan fingerprint density at radius 3 is 2.60 bits per heavy atom. The summed E-state index contributed by atoms with van der Waals surface area (Å²) in [6, 6.07) is 16.5. The minimum Gasteiger partial charge on any atom is -0.504 e. The van der Waals surface area contributed by atoms with Crippen LogP contribution in [0.3, 0.4) is 0 Å². The third-order valence-electron chi connectivity index (χ3n) is 12.0. The molecule has 2 saturated heterocycles. The number of phenols is 1. The van der Waals surface area contributed by atoms with Crippen LogP contribution < -0.4 is 9.64 Å². The van der Waals surface area contributed by atoms with Crippen LogP contribution >= 0.6 is 34.3 Å². The summed E-state index contributed by atoms with van der Waals surface area (Å²) in [5.74, 6) is -4.23. The third kappa shape index (κ3) is 4.77. The summed E-state index contributed by atoms with van der Waals surface area (Å²) in [6.45, 7) is 4.00. The predicted octanol–water partition coefficient (Wildman–Crippen LogP) is 7.47. The molecule has 4 amide bonds. The van der Waals surface area contributed by atoms with Crippen LogP contribution in [0.4, 0.5) is 5.82 Å². The highest BCUT2D eigenvalue weighted by Crippen LogP contribution is 2.65. The van der Waals surface area contributed by atoms with E-state index in [0.717, 1.165) is 31.0 Å². The van der Waals surface area contributed by atoms with Crippen molar-refractivity contribution in [1.29, 1.82) is 0 Å². The average molecular weight is 767 g/mol. The first-order valence-electron chi connectivity index (χ1n) is 17.5. The molecule has 0 bridgehead atoms. The van der Waals surface area contributed by atoms with Crippen molar-refractivity contribution in [2.45, 2.75) is 39.2 Å². The molecule has 2 aliphatic carbocycles. The van der Waals surface area contributed by atoms with Gasteiger partial charge in [0.1, 0.15) is 11.5 Å². The number of allylic oxidation sites excluding steroid dienone is 2. The number of halogens is 1. The number of likely N-dealkylation sites (tertiary alicyclic amines) is 1. The van der Waals surface area contributed by atoms with E-state index < -0.39 is 46.8 Å². The van der Waals surface area contributed by atoms with Gasteiger partial charge in [0.15, 0.2) is 11.5 Å². The van der Waals surface area contributed by atoms with Crippen LogP contribution in [0.25, 0.3) is 20.7 Å². The van der Waals surface area contributed by atoms with E-state index in [1.54, 1.807) is 54.3 Å². The number of hydrogen-bond acceptors (Lipinski definition) is 9. The summed E-state index contributed by atoms with van der Waals surface area (Å²) < 4.78 is 8.11. The zero-order valence-corrected chi connectivity index (χ0v) is 31.7. The molecule has 3 aromatic heterocycles. The zero-order chi connectivity index (χ0) is 37.1. The van der Waals surface area contributed by atoms with Gasteiger partial charge in [-0.1, -0.05) is 41.4 Å². The number of phenolic OH excluding ortho intramolecular Hbond substituents is 1. The molecule has 0 spiro atoms. The molecule has 3 fully saturated rings. The van der Waals surface area contributed by atoms with Gasteiger partial charge in [-0.15, -0.1) is 22.7 Å². The molecule has 2 aromatic carbocycles. The van der Waals surface area contributed by atoms with Crippen LogP contribution in [0.5, 0.6) is 11.5 Å². The number of thiophene rings is 2. The number of ether oxygens (including phenoxy) is 1. The lowest BCUT2D eigenvalue weighted by atomic mass is 9.51. The smallest absolute Gasteiger partial charge is 0.242 e. The number of aromatic hydroxyl groups is 1. The van der Waals surface area contributed by atoms with Crippen LogP contribution in [-0.4, -0.2) is 50.5 Å². The summed E-state index contributed by atoms with van der Waals surface area (Å²) in [6.07, 6.45) is 2.51. The molecular formula is C40H35ClN4O6S2. The molecule has 6 atom stereocenters. The number of amides is 4. The number of rotatable bonds is 6. The van der Waals surface area contributed by atoms with Crippen molar-refractivity contribution >= 4 is 73.8 Å². The number of carbonyl (C=O) groups excluding carboxylic acids is 4. The molecule has 6 unspecified atom stereocenters. The van der Waals surface area contributed by atoms with Gasteiger partial charge in [0.2, 0.25) is 23.6 Å². The molecule has 5 aromatic rings. The maximum atomic E-state index is 15.1. The summed E-state index contributed by atoms with van der Waals surface area (Å²) in [5.41, 5.74) is 1.51. The molecule has 53 heavy (non-hydrogen) atoms. The lowest BCUT2D eigenvalue weighted by Gasteiger charge is -2.49. The minimum atomic E-state index is -1.34. The van der Waals surface area contributed by atoms with Crippen molar-refractivity contribution < 1.29 is 29.0 Å². The second-order valence-electron chi connectivity index (χ2n) is 14.6. The van der Waals surface area contributed by atoms with Crippen molar-refractivity contribution in [3.05, 3.63) is 92.7 Å². The monoisotopic (exact) mass is 766 g/mol. The number of nitrogens with zero attached hydrogens (tertiary/aromatic N) is 4. The van der Waals surface area contributed by atoms with E-state index in [2.05, 4.69) is 0 Å². The number of fused-ring (bicyclic) bond motifs is 5. The van der Waals surface area contributed by atoms with Gasteiger partial charge in [-0.3, -0.25) is 28.8 Å². The Bertz CT molecular complexity index is 2430. The fourth-order valence-corrected chi connectivity index (χ4v) is 11.5. The van der Waals surface area contributed by atoms with Crippen molar-refractivity contribution in [2.24, 2.45) is 36.1 Å². The van der Waals surface area contributed by atoms with Crippen LogP contribution in [0.2, 0.25) is 5.02 Å². The van der Waals surface area contributed by atoms with Gasteiger partial charge in [0.25, 0.3) is 0 Å². The Balaban J connectivity index is 1.16. The molecule has 4 aliphatic rings. The number of anilines is 1. The number of carbonyl (C=O) groups is 4. The molecule has 5 heterocycles. The Morgan fingerprint density at radius 1 is 1.04 bits per heavy atom. The quantitative estimate of drug-likeness (QED) is 0.141. The van der Waals surface area contributed by atoms with Crippen molar-refractivity contribution in [3.63, 3.8) is 0 Å². The van der Waals surface area contributed by atoms with Crippen molar-refractivity contribution in [1.82, 2.24) is 14.7 Å². The number of para-hydroxylation sites is 1. The third-order valence-corrected chi connectivity index (χ3v) is 14.4. The molecule has 2 aliphatic heterocycles. The van der Waals surface area contributed by atoms with Crippen LogP contribution in [0, 0.1) is 36.0 Å². The molecule has 1 N–H and O–H groups in total. The number of aromatic nitrogens is 2. The van der Waals surface area contributed by atoms with Gasteiger partial charge in [0.05, 0.1) is 41.7 Å². The van der Waals surface area contributed by atoms with Crippen molar-refractivity contribution in [3.8, 4) is 22.1 Å². The summed E-state index contributed by atoms with van der Waals surface area (Å²) in [5, 5.41) is 20.0. The standard InChI is InChI=1S/C40H35ClN4O6S2/c1-19-25-15-20(41)10-13-30(25)53-35(19)28-17-31(43(3)42-28)45-37(48)27-16-26-22(33(40(27,2)39(45)50)24-8-5-9-29(51-4)34(24)46)11-12-23-32(26)38(49)44(36(23)47)18-21-7-6-14-52-21/h5-11,13-15,17,23,26-27,32-33,46H,12,16,18H2,1-4H3. The van der Waals surface area contributed by atoms with E-state index in [1.807, 2.05) is 48.7 Å². The highest BCUT2D eigenvalue weighted by molar-refractivity contribution is 7.22. The lowest BCUT2D eigenvalue weighted by Crippen LogP contribution is -2.49. The van der Waals surface area contributed by atoms with Gasteiger partial charge >= 0.3 is 0 Å². The first-order valence-corrected chi connectivity index (χ1v) is 19.6. The Labute approximate surface area is 318 Å². The minimum absolute atomic E-state index is 0.126. The van der Waals surface area contributed by atoms with Crippen LogP contribution in [0.15, 0.2) is 71.6 Å². The van der Waals surface area contributed by atoms with Gasteiger partial charge in [0, 0.05) is 39.2 Å². The molecule has 0 radical (unpaired) electrons. The normalized spacial score (nSPS) is 26.7. The summed E-state index contributed by atoms with van der Waals surface area (Å²) in [4.78, 5) is 62.5. The van der Waals surface area contributed by atoms with E-state index >= 15 is 4.79 Å². The Hall–Kier alpha value is -4.78. The molecule has 9 rings (SSSR count). The summed E-state index contributed by atoms with van der Waals surface area (Å²) in [7, 11) is 3.17. The number of hydrogen-bond donors (Lipinski definition) is 1. The lowest BCUT2D eigenvalue weighted by molar-refractivity contribution is -0.141. The largest absolute Gasteiger partial charge is 0.504 e. The molecular weight excluding hydrogens is 732 g/mol. The Morgan fingerprint density at radius 2 is 1.85 bits per heavy atom. The first-order chi connectivity index (χ1) is 25.4. The van der Waals surface area contributed by atoms with Gasteiger partial charge in [-0.25, -0.2) is 4.90 Å². The maximum Gasteiger partial charge on any atom is 0.242 e. The molecule has 13 heteroatoms. The van der Waals surface area contributed by atoms with E-state index in [1.165, 1.54) is 28.2 Å². The van der Waals surface area contributed by atoms with E-state index in [-0.39, 0.29) is 36.3 Å². The second-order valence-corrected chi connectivity index (χ2v) is 17.1. The molecule has 10 nitrogen and oxygen atoms in total. The first kappa shape index (κ1) is 34.0. The van der Waals surface area contributed by atoms with Crippen LogP contribution in [0.1, 0.15) is 41.7 Å². The fourth-order valence-electron chi connectivity index (χ4n) is 9.51. The van der Waals surface area contributed by atoms with Gasteiger partial charge in [-0.05, 0) is 79.3 Å². The number of aryl methyl sites for hydroxylation is 2. The topological polar surface area (TPSA) is 122 Å². The van der Waals surface area contributed by atoms with Crippen molar-refractivity contribution in [2.75, 3.05) is 12.0 Å². The number of methoxy groups -OCH3 is 1. The number of benzene rings is 2. The molecule has 270 valence electrons. The van der Waals surface area contributed by atoms with Gasteiger partial charge in [-0.2, -0.15) is 5.10 Å². The number of imide groups is 2. The highest BCUT2D eigenvalue weighted by Gasteiger charge is 2.68. The summed E-state index contributed by atoms with van der Waals surface area (Å²) >= 11 is 9.37.